The molecule has 2 aromatic rings. The lowest BCUT2D eigenvalue weighted by molar-refractivity contribution is -0.155. The first kappa shape index (κ1) is 31.2. The number of carbonyl (C=O) groups is 3. The molecule has 238 valence electrons. The molecular formula is C37H45N3O5. The fourth-order valence-corrected chi connectivity index (χ4v) is 8.38. The highest BCUT2D eigenvalue weighted by atomic mass is 16.5. The Morgan fingerprint density at radius 2 is 1.56 bits per heavy atom. The molecule has 6 atom stereocenters. The summed E-state index contributed by atoms with van der Waals surface area (Å²) in [6.45, 7) is 11.4. The first-order valence-corrected chi connectivity index (χ1v) is 16.0. The number of amides is 3. The van der Waals surface area contributed by atoms with Gasteiger partial charge in [0.2, 0.25) is 17.7 Å². The van der Waals surface area contributed by atoms with Crippen LogP contribution in [-0.4, -0.2) is 80.5 Å². The molecule has 4 aliphatic rings. The molecule has 2 fully saturated rings. The Balaban J connectivity index is 1.46. The quantitative estimate of drug-likeness (QED) is 0.466. The Labute approximate surface area is 266 Å². The topological polar surface area (TPSA) is 90.4 Å². The van der Waals surface area contributed by atoms with Crippen LogP contribution in [0.4, 0.5) is 0 Å². The highest BCUT2D eigenvalue weighted by Gasteiger charge is 2.73. The van der Waals surface area contributed by atoms with E-state index in [0.29, 0.717) is 19.6 Å². The van der Waals surface area contributed by atoms with Gasteiger partial charge in [-0.25, -0.2) is 0 Å². The predicted octanol–water partition coefficient (Wildman–Crippen LogP) is 4.51. The minimum atomic E-state index is -1.37. The van der Waals surface area contributed by atoms with Gasteiger partial charge in [0.25, 0.3) is 0 Å². The van der Waals surface area contributed by atoms with E-state index < -0.39 is 41.2 Å². The Morgan fingerprint density at radius 3 is 2.20 bits per heavy atom. The maximum Gasteiger partial charge on any atom is 0.249 e. The second kappa shape index (κ2) is 11.6. The third-order valence-electron chi connectivity index (χ3n) is 9.78. The summed E-state index contributed by atoms with van der Waals surface area (Å²) in [5.74, 6) is -2.47. The van der Waals surface area contributed by atoms with E-state index in [9.17, 15) is 19.5 Å². The average molecular weight is 612 g/mol. The molecule has 6 rings (SSSR count). The van der Waals surface area contributed by atoms with Crippen molar-refractivity contribution in [3.05, 3.63) is 96.1 Å². The Bertz CT molecular complexity index is 1500. The summed E-state index contributed by atoms with van der Waals surface area (Å²) in [4.78, 5) is 49.4. The molecule has 3 amide bonds. The van der Waals surface area contributed by atoms with Gasteiger partial charge in [0.05, 0.1) is 30.6 Å². The molecule has 0 aromatic heterocycles. The van der Waals surface area contributed by atoms with Crippen LogP contribution >= 0.6 is 0 Å². The Hall–Kier alpha value is -3.75. The third kappa shape index (κ3) is 5.42. The molecule has 4 heterocycles. The van der Waals surface area contributed by atoms with Crippen molar-refractivity contribution in [2.45, 2.75) is 76.9 Å². The van der Waals surface area contributed by atoms with E-state index in [1.54, 1.807) is 4.90 Å². The summed E-state index contributed by atoms with van der Waals surface area (Å²) >= 11 is 0. The van der Waals surface area contributed by atoms with Crippen LogP contribution in [0.15, 0.2) is 85.0 Å². The highest BCUT2D eigenvalue weighted by molar-refractivity contribution is 6.00. The van der Waals surface area contributed by atoms with Crippen LogP contribution in [0.3, 0.4) is 0 Å². The van der Waals surface area contributed by atoms with Crippen LogP contribution in [0.1, 0.15) is 58.2 Å². The average Bonchev–Trinajstić information content (AvgIpc) is 3.30. The maximum absolute atomic E-state index is 15.0. The van der Waals surface area contributed by atoms with E-state index in [1.807, 2.05) is 89.9 Å². The van der Waals surface area contributed by atoms with E-state index in [2.05, 4.69) is 34.6 Å². The molecule has 0 saturated carbocycles. The molecule has 8 heteroatoms. The van der Waals surface area contributed by atoms with Gasteiger partial charge in [0.15, 0.2) is 0 Å². The molecule has 45 heavy (non-hydrogen) atoms. The number of aliphatic hydroxyl groups excluding tert-OH is 1. The number of aliphatic hydroxyl groups is 1. The SMILES string of the molecule is CC(C)(C)CC(C)(C)N1CC=C[C@]23O[C@@H]4C=CCN(Cc5ccccc5)C(=O)[C@@H]4[C@H]2C(=O)N([C@H](CO)c2ccccc2)C3C1=O. The Morgan fingerprint density at radius 1 is 0.889 bits per heavy atom. The van der Waals surface area contributed by atoms with Gasteiger partial charge in [-0.15, -0.1) is 0 Å². The van der Waals surface area contributed by atoms with Crippen LogP contribution in [0.5, 0.6) is 0 Å². The third-order valence-corrected chi connectivity index (χ3v) is 9.78. The van der Waals surface area contributed by atoms with E-state index >= 15 is 0 Å². The van der Waals surface area contributed by atoms with E-state index in [-0.39, 0.29) is 29.7 Å². The van der Waals surface area contributed by atoms with Gasteiger partial charge in [-0.3, -0.25) is 14.4 Å². The van der Waals surface area contributed by atoms with Gasteiger partial charge in [-0.1, -0.05) is 106 Å². The van der Waals surface area contributed by atoms with Gasteiger partial charge >= 0.3 is 0 Å². The van der Waals surface area contributed by atoms with E-state index in [0.717, 1.165) is 17.5 Å². The number of carbonyl (C=O) groups excluding carboxylic acids is 3. The molecule has 0 radical (unpaired) electrons. The molecule has 8 nitrogen and oxygen atoms in total. The van der Waals surface area contributed by atoms with E-state index in [1.165, 1.54) is 4.90 Å². The monoisotopic (exact) mass is 611 g/mol. The maximum atomic E-state index is 15.0. The number of likely N-dealkylation sites (tertiary alicyclic amines) is 1. The summed E-state index contributed by atoms with van der Waals surface area (Å²) in [6.07, 6.45) is 7.71. The second-order valence-electron chi connectivity index (χ2n) is 14.7. The molecule has 4 aliphatic heterocycles. The molecule has 1 spiro atoms. The van der Waals surface area contributed by atoms with E-state index in [4.69, 9.17) is 4.74 Å². The molecule has 1 unspecified atom stereocenters. The molecule has 1 N–H and O–H groups in total. The number of benzene rings is 2. The number of rotatable bonds is 7. The molecule has 2 saturated heterocycles. The van der Waals surface area contributed by atoms with Crippen molar-refractivity contribution < 1.29 is 24.2 Å². The fraction of sp³-hybridized carbons (Fsp3) is 0.486. The lowest BCUT2D eigenvalue weighted by Gasteiger charge is -2.45. The van der Waals surface area contributed by atoms with Crippen molar-refractivity contribution in [2.75, 3.05) is 19.7 Å². The zero-order valence-corrected chi connectivity index (χ0v) is 26.9. The fourth-order valence-electron chi connectivity index (χ4n) is 8.38. The second-order valence-corrected chi connectivity index (χ2v) is 14.7. The van der Waals surface area contributed by atoms with Crippen LogP contribution in [0.25, 0.3) is 0 Å². The van der Waals surface area contributed by atoms with Gasteiger partial charge in [-0.2, -0.15) is 0 Å². The van der Waals surface area contributed by atoms with Crippen molar-refractivity contribution in [1.82, 2.24) is 14.7 Å². The van der Waals surface area contributed by atoms with Gasteiger partial charge in [0, 0.05) is 25.2 Å². The molecule has 0 bridgehead atoms. The van der Waals surface area contributed by atoms with Crippen molar-refractivity contribution in [3.8, 4) is 0 Å². The smallest absolute Gasteiger partial charge is 0.249 e. The van der Waals surface area contributed by atoms with Crippen molar-refractivity contribution in [2.24, 2.45) is 17.3 Å². The van der Waals surface area contributed by atoms with Crippen molar-refractivity contribution >= 4 is 17.7 Å². The first-order valence-electron chi connectivity index (χ1n) is 16.0. The van der Waals surface area contributed by atoms with Gasteiger partial charge in [0.1, 0.15) is 11.6 Å². The van der Waals surface area contributed by atoms with Crippen molar-refractivity contribution in [1.29, 1.82) is 0 Å². The van der Waals surface area contributed by atoms with Crippen LogP contribution in [0, 0.1) is 17.3 Å². The summed E-state index contributed by atoms with van der Waals surface area (Å²) in [7, 11) is 0. The standard InChI is InChI=1S/C37H45N3O5/c1-35(2,3)24-36(4,5)39-21-13-19-37-30(33(43)40(31(37)34(39)44)27(23-41)26-16-10-7-11-17-26)29-28(45-37)18-12-20-38(32(29)42)22-25-14-8-6-9-15-25/h6-19,27-31,41H,20-24H2,1-5H3/t27-,28-,29+,30+,31?,37+/m1/s1. The summed E-state index contributed by atoms with van der Waals surface area (Å²) in [5, 5.41) is 10.8. The lowest BCUT2D eigenvalue weighted by atomic mass is 9.77. The number of hydrogen-bond acceptors (Lipinski definition) is 5. The number of nitrogens with zero attached hydrogens (tertiary/aromatic N) is 3. The minimum absolute atomic E-state index is 0.0562. The summed E-state index contributed by atoms with van der Waals surface area (Å²) < 4.78 is 6.86. The highest BCUT2D eigenvalue weighted by Crippen LogP contribution is 2.55. The lowest BCUT2D eigenvalue weighted by Crippen LogP contribution is -2.60. The number of hydrogen-bond donors (Lipinski definition) is 1. The molecule has 2 aromatic carbocycles. The first-order chi connectivity index (χ1) is 21.4. The summed E-state index contributed by atoms with van der Waals surface area (Å²) in [5.41, 5.74) is -0.244. The normalized spacial score (nSPS) is 28.9. The zero-order valence-electron chi connectivity index (χ0n) is 26.9. The van der Waals surface area contributed by atoms with Gasteiger partial charge in [-0.05, 0) is 36.8 Å². The van der Waals surface area contributed by atoms with Crippen LogP contribution < -0.4 is 0 Å². The predicted molar refractivity (Wildman–Crippen MR) is 171 cm³/mol. The van der Waals surface area contributed by atoms with Crippen molar-refractivity contribution in [3.63, 3.8) is 0 Å². The minimum Gasteiger partial charge on any atom is -0.394 e. The number of ether oxygens (including phenoxy) is 1. The largest absolute Gasteiger partial charge is 0.394 e. The number of fused-ring (bicyclic) bond motifs is 2. The molecule has 0 aliphatic carbocycles. The van der Waals surface area contributed by atoms with Crippen LogP contribution in [0.2, 0.25) is 0 Å². The molecular weight excluding hydrogens is 566 g/mol. The zero-order chi connectivity index (χ0) is 32.1. The summed E-state index contributed by atoms with van der Waals surface area (Å²) in [6, 6.07) is 17.3. The Kier molecular flexibility index (Phi) is 8.02. The van der Waals surface area contributed by atoms with Crippen LogP contribution in [-0.2, 0) is 25.7 Å². The van der Waals surface area contributed by atoms with Gasteiger partial charge < -0.3 is 24.5 Å².